The van der Waals surface area contributed by atoms with Gasteiger partial charge < -0.3 is 30.5 Å². The van der Waals surface area contributed by atoms with Gasteiger partial charge in [0.05, 0.1) is 0 Å². The van der Waals surface area contributed by atoms with Gasteiger partial charge in [0.15, 0.2) is 0 Å². The van der Waals surface area contributed by atoms with Crippen LogP contribution >= 0.6 is 9.30 Å². The maximum atomic E-state index is 6.94. The summed E-state index contributed by atoms with van der Waals surface area (Å²) in [6.45, 7) is 9.30. The second-order valence-electron chi connectivity index (χ2n) is 3.84. The summed E-state index contributed by atoms with van der Waals surface area (Å²) < 4.78 is 0. The molecule has 0 aromatic rings. The summed E-state index contributed by atoms with van der Waals surface area (Å²) in [4.78, 5) is 0. The zero-order chi connectivity index (χ0) is 11.6. The van der Waals surface area contributed by atoms with E-state index in [1.54, 1.807) is 0 Å². The van der Waals surface area contributed by atoms with E-state index < -0.39 is 0 Å². The minimum absolute atomic E-state index is 0. The van der Waals surface area contributed by atoms with Crippen LogP contribution in [-0.4, -0.2) is 13.2 Å². The fourth-order valence-corrected chi connectivity index (χ4v) is 0.492. The van der Waals surface area contributed by atoms with Gasteiger partial charge in [-0.3, -0.25) is 0 Å². The third-order valence-electron chi connectivity index (χ3n) is 0.848. The van der Waals surface area contributed by atoms with Crippen LogP contribution in [0, 0.1) is 6.92 Å². The average molecular weight is 336 g/mol. The van der Waals surface area contributed by atoms with Crippen LogP contribution < -0.4 is 24.8 Å². The molecule has 0 aromatic heterocycles. The Morgan fingerprint density at radius 2 is 1.75 bits per heavy atom. The Hall–Kier alpha value is 1.11. The SMILES string of the molecule is CC(C)(C)[NH-].[CH2-]C1=CC=CC1.[Cl-].[Cl-].[SiH2]=[Ti][Cl]. The third kappa shape index (κ3) is 45.7. The van der Waals surface area contributed by atoms with Crippen molar-refractivity contribution in [1.82, 2.24) is 0 Å². The van der Waals surface area contributed by atoms with E-state index in [9.17, 15) is 0 Å². The van der Waals surface area contributed by atoms with Crippen LogP contribution in [0.5, 0.6) is 0 Å². The van der Waals surface area contributed by atoms with E-state index in [1.807, 2.05) is 40.6 Å². The van der Waals surface area contributed by atoms with E-state index in [2.05, 4.69) is 13.0 Å². The maximum absolute atomic E-state index is 6.94. The molecule has 1 aliphatic rings. The van der Waals surface area contributed by atoms with Gasteiger partial charge in [0.25, 0.3) is 0 Å². The second-order valence-corrected chi connectivity index (χ2v) is 8.67. The summed E-state index contributed by atoms with van der Waals surface area (Å²) in [5.74, 6) is 0. The van der Waals surface area contributed by atoms with Crippen LogP contribution in [0.4, 0.5) is 0 Å². The van der Waals surface area contributed by atoms with Gasteiger partial charge in [-0.1, -0.05) is 20.8 Å². The van der Waals surface area contributed by atoms with Crippen molar-refractivity contribution in [2.24, 2.45) is 0 Å². The van der Waals surface area contributed by atoms with Crippen molar-refractivity contribution in [3.05, 3.63) is 36.5 Å². The van der Waals surface area contributed by atoms with Crippen LogP contribution in [0.3, 0.4) is 0 Å². The monoisotopic (exact) mass is 334 g/mol. The first kappa shape index (κ1) is 25.8. The molecule has 0 unspecified atom stereocenters. The van der Waals surface area contributed by atoms with Crippen molar-refractivity contribution < 1.29 is 41.6 Å². The van der Waals surface area contributed by atoms with E-state index in [1.165, 1.54) is 5.57 Å². The molecule has 0 aliphatic heterocycles. The van der Waals surface area contributed by atoms with Gasteiger partial charge in [-0.25, -0.2) is 18.6 Å². The van der Waals surface area contributed by atoms with Crippen molar-refractivity contribution in [1.29, 1.82) is 0 Å². The van der Waals surface area contributed by atoms with E-state index in [4.69, 9.17) is 15.0 Å². The quantitative estimate of drug-likeness (QED) is 0.340. The van der Waals surface area contributed by atoms with E-state index in [-0.39, 0.29) is 47.2 Å². The Kier molecular flexibility index (Phi) is 26.0. The van der Waals surface area contributed by atoms with Gasteiger partial charge in [0, 0.05) is 0 Å². The number of hydrogen-bond acceptors (Lipinski definition) is 0. The van der Waals surface area contributed by atoms with E-state index >= 15 is 0 Å². The molecule has 0 saturated carbocycles. The predicted molar refractivity (Wildman–Crippen MR) is 65.7 cm³/mol. The molecule has 0 fully saturated rings. The van der Waals surface area contributed by atoms with Gasteiger partial charge >= 0.3 is 33.8 Å². The zero-order valence-corrected chi connectivity index (χ0v) is 15.2. The summed E-state index contributed by atoms with van der Waals surface area (Å²) in [7, 11) is 7.00. The fourth-order valence-electron chi connectivity index (χ4n) is 0.492. The first-order valence-electron chi connectivity index (χ1n) is 4.36. The van der Waals surface area contributed by atoms with Crippen molar-refractivity contribution in [2.75, 3.05) is 0 Å². The molecular formula is C10H19Cl3NSiTi-4. The van der Waals surface area contributed by atoms with Crippen LogP contribution in [-0.2, 0) is 16.8 Å². The molecule has 0 heterocycles. The van der Waals surface area contributed by atoms with E-state index in [0.29, 0.717) is 0 Å². The molecule has 0 amide bonds. The molecule has 0 spiro atoms. The molecule has 0 bridgehead atoms. The van der Waals surface area contributed by atoms with Crippen molar-refractivity contribution in [3.8, 4) is 0 Å². The third-order valence-corrected chi connectivity index (χ3v) is 0.848. The molecule has 1 nitrogen and oxygen atoms in total. The summed E-state index contributed by atoms with van der Waals surface area (Å²) in [5, 5.41) is 0. The van der Waals surface area contributed by atoms with Gasteiger partial charge in [-0.2, -0.15) is 0 Å². The van der Waals surface area contributed by atoms with Gasteiger partial charge in [0.2, 0.25) is 0 Å². The molecule has 6 heteroatoms. The molecule has 16 heavy (non-hydrogen) atoms. The summed E-state index contributed by atoms with van der Waals surface area (Å²) in [6.07, 6.45) is 7.21. The van der Waals surface area contributed by atoms with Crippen LogP contribution in [0.2, 0.25) is 0 Å². The number of hydrogen-bond donors (Lipinski definition) is 0. The number of halogens is 3. The Morgan fingerprint density at radius 3 is 1.81 bits per heavy atom. The fraction of sp³-hybridized carbons (Fsp3) is 0.500. The topological polar surface area (TPSA) is 23.8 Å². The molecule has 97 valence electrons. The van der Waals surface area contributed by atoms with Crippen molar-refractivity contribution >= 4 is 16.9 Å². The Balaban J connectivity index is -0.0000000670. The predicted octanol–water partition coefficient (Wildman–Crippen LogP) is -2.68. The summed E-state index contributed by atoms with van der Waals surface area (Å²) in [6, 6.07) is 0. The van der Waals surface area contributed by atoms with E-state index in [0.717, 1.165) is 6.42 Å². The summed E-state index contributed by atoms with van der Waals surface area (Å²) >= 11 is 0.000000000000000111. The Morgan fingerprint density at radius 1 is 1.44 bits per heavy atom. The molecule has 1 N–H and O–H groups in total. The molecule has 0 saturated heterocycles. The summed E-state index contributed by atoms with van der Waals surface area (Å²) in [5.41, 5.74) is 7.91. The normalized spacial score (nSPS) is 11.2. The Bertz CT molecular complexity index is 207. The Labute approximate surface area is 127 Å². The number of rotatable bonds is 0. The van der Waals surface area contributed by atoms with Crippen molar-refractivity contribution in [3.63, 3.8) is 0 Å². The molecule has 1 rings (SSSR count). The minimum atomic E-state index is -0.250. The molecule has 0 radical (unpaired) electrons. The first-order valence-corrected chi connectivity index (χ1v) is 10.5. The van der Waals surface area contributed by atoms with Crippen LogP contribution in [0.25, 0.3) is 5.73 Å². The number of nitrogens with one attached hydrogen (secondary N) is 1. The number of allylic oxidation sites excluding steroid dienone is 4. The molecule has 0 atom stereocenters. The molecule has 1 aliphatic carbocycles. The van der Waals surface area contributed by atoms with Crippen LogP contribution in [0.1, 0.15) is 27.2 Å². The zero-order valence-electron chi connectivity index (χ0n) is 9.99. The standard InChI is InChI=1S/C6H7.C4H10N.3ClH.H2Si.Ti/c1-6-4-2-3-5-6;1-4(2,3)5;;;;;/h2-4H,1,5H2;5H,1-3H3;3*1H;1H2;/q2*-1;;;;;+1/p-3. The first-order chi connectivity index (χ1) is 6.31. The average Bonchev–Trinajstić information content (AvgIpc) is 2.37. The second kappa shape index (κ2) is 16.1. The molecular weight excluding hydrogens is 316 g/mol. The van der Waals surface area contributed by atoms with Crippen LogP contribution in [0.15, 0.2) is 23.8 Å². The van der Waals surface area contributed by atoms with Gasteiger partial charge in [-0.15, -0.1) is 17.7 Å². The van der Waals surface area contributed by atoms with Gasteiger partial charge in [0.1, 0.15) is 0 Å². The molecule has 0 aromatic carbocycles. The van der Waals surface area contributed by atoms with Crippen molar-refractivity contribution in [2.45, 2.75) is 32.7 Å². The van der Waals surface area contributed by atoms with Gasteiger partial charge in [-0.05, 0) is 6.42 Å².